The molecule has 0 spiro atoms. The highest BCUT2D eigenvalue weighted by atomic mass is 32.2. The van der Waals surface area contributed by atoms with Crippen LogP contribution >= 0.6 is 0 Å². The highest BCUT2D eigenvalue weighted by Gasteiger charge is 2.24. The van der Waals surface area contributed by atoms with Gasteiger partial charge < -0.3 is 10.0 Å². The first-order valence-corrected chi connectivity index (χ1v) is 8.02. The van der Waals surface area contributed by atoms with E-state index >= 15 is 0 Å². The van der Waals surface area contributed by atoms with Crippen molar-refractivity contribution in [1.29, 1.82) is 0 Å². The standard InChI is InChI=1S/C13H17NO4S/c1-19(17,18)12-4-2-11(3-5-12)14-7-6-10(9-14)8-13(15)16/h2-5,10H,6-9H2,1H3,(H,15,16). The first kappa shape index (κ1) is 13.9. The molecule has 0 saturated carbocycles. The Morgan fingerprint density at radius 1 is 1.37 bits per heavy atom. The minimum absolute atomic E-state index is 0.173. The average Bonchev–Trinajstić information content (AvgIpc) is 2.75. The van der Waals surface area contributed by atoms with Crippen molar-refractivity contribution < 1.29 is 18.3 Å². The first-order valence-electron chi connectivity index (χ1n) is 6.13. The van der Waals surface area contributed by atoms with Crippen molar-refractivity contribution in [2.45, 2.75) is 17.7 Å². The molecule has 1 aliphatic heterocycles. The van der Waals surface area contributed by atoms with E-state index in [9.17, 15) is 13.2 Å². The minimum atomic E-state index is -3.17. The van der Waals surface area contributed by atoms with Crippen LogP contribution in [0, 0.1) is 5.92 Å². The normalized spacial score (nSPS) is 19.6. The molecule has 1 unspecified atom stereocenters. The van der Waals surface area contributed by atoms with Gasteiger partial charge in [0, 0.05) is 31.5 Å². The number of rotatable bonds is 4. The molecule has 1 aliphatic rings. The topological polar surface area (TPSA) is 74.7 Å². The number of aliphatic carboxylic acids is 1. The summed E-state index contributed by atoms with van der Waals surface area (Å²) in [4.78, 5) is 13.1. The summed E-state index contributed by atoms with van der Waals surface area (Å²) in [5.41, 5.74) is 0.945. The van der Waals surface area contributed by atoms with Crippen molar-refractivity contribution in [3.63, 3.8) is 0 Å². The fourth-order valence-electron chi connectivity index (χ4n) is 2.38. The summed E-state index contributed by atoms with van der Waals surface area (Å²) < 4.78 is 22.7. The van der Waals surface area contributed by atoms with Gasteiger partial charge in [0.1, 0.15) is 0 Å². The largest absolute Gasteiger partial charge is 0.481 e. The van der Waals surface area contributed by atoms with E-state index in [1.807, 2.05) is 0 Å². The predicted molar refractivity (Wildman–Crippen MR) is 72.1 cm³/mol. The summed E-state index contributed by atoms with van der Waals surface area (Å²) in [6, 6.07) is 6.74. The lowest BCUT2D eigenvalue weighted by Crippen LogP contribution is -2.20. The summed E-state index contributed by atoms with van der Waals surface area (Å²) in [5, 5.41) is 8.77. The summed E-state index contributed by atoms with van der Waals surface area (Å²) in [6.45, 7) is 1.53. The zero-order valence-electron chi connectivity index (χ0n) is 10.7. The first-order chi connectivity index (χ1) is 8.86. The van der Waals surface area contributed by atoms with Crippen molar-refractivity contribution in [1.82, 2.24) is 0 Å². The molecular formula is C13H17NO4S. The van der Waals surface area contributed by atoms with Crippen LogP contribution in [0.4, 0.5) is 5.69 Å². The molecule has 6 heteroatoms. The molecule has 1 aromatic rings. The summed E-state index contributed by atoms with van der Waals surface area (Å²) in [7, 11) is -3.17. The van der Waals surface area contributed by atoms with Gasteiger partial charge in [-0.05, 0) is 36.6 Å². The van der Waals surface area contributed by atoms with Gasteiger partial charge in [0.25, 0.3) is 0 Å². The Labute approximate surface area is 112 Å². The number of benzene rings is 1. The van der Waals surface area contributed by atoms with Gasteiger partial charge in [0.05, 0.1) is 4.90 Å². The predicted octanol–water partition coefficient (Wildman–Crippen LogP) is 1.39. The van der Waals surface area contributed by atoms with Gasteiger partial charge in [-0.2, -0.15) is 0 Å². The number of sulfone groups is 1. The highest BCUT2D eigenvalue weighted by Crippen LogP contribution is 2.26. The molecule has 1 heterocycles. The molecule has 2 rings (SSSR count). The molecular weight excluding hydrogens is 266 g/mol. The molecule has 19 heavy (non-hydrogen) atoms. The van der Waals surface area contributed by atoms with Crippen LogP contribution in [0.2, 0.25) is 0 Å². The summed E-state index contributed by atoms with van der Waals surface area (Å²) in [6.07, 6.45) is 2.23. The van der Waals surface area contributed by atoms with Crippen LogP contribution < -0.4 is 4.90 Å². The van der Waals surface area contributed by atoms with Crippen molar-refractivity contribution in [3.05, 3.63) is 24.3 Å². The second kappa shape index (κ2) is 5.21. The zero-order valence-corrected chi connectivity index (χ0v) is 11.6. The maximum atomic E-state index is 11.4. The SMILES string of the molecule is CS(=O)(=O)c1ccc(N2CCC(CC(=O)O)C2)cc1. The van der Waals surface area contributed by atoms with Crippen LogP contribution in [-0.4, -0.2) is 38.8 Å². The van der Waals surface area contributed by atoms with Crippen molar-refractivity contribution in [2.75, 3.05) is 24.2 Å². The Balaban J connectivity index is 2.06. The number of hydrogen-bond acceptors (Lipinski definition) is 4. The van der Waals surface area contributed by atoms with E-state index in [1.54, 1.807) is 24.3 Å². The maximum Gasteiger partial charge on any atom is 0.303 e. The van der Waals surface area contributed by atoms with Gasteiger partial charge in [-0.1, -0.05) is 0 Å². The minimum Gasteiger partial charge on any atom is -0.481 e. The van der Waals surface area contributed by atoms with Crippen molar-refractivity contribution in [2.24, 2.45) is 5.92 Å². The lowest BCUT2D eigenvalue weighted by molar-refractivity contribution is -0.137. The number of carboxylic acid groups (broad SMARTS) is 1. The Morgan fingerprint density at radius 2 is 2.00 bits per heavy atom. The van der Waals surface area contributed by atoms with Crippen LogP contribution in [-0.2, 0) is 14.6 Å². The van der Waals surface area contributed by atoms with Gasteiger partial charge in [-0.15, -0.1) is 0 Å². The van der Waals surface area contributed by atoms with E-state index in [0.29, 0.717) is 11.4 Å². The maximum absolute atomic E-state index is 11.4. The third-order valence-electron chi connectivity index (χ3n) is 3.38. The number of carboxylic acids is 1. The molecule has 0 aromatic heterocycles. The highest BCUT2D eigenvalue weighted by molar-refractivity contribution is 7.90. The lowest BCUT2D eigenvalue weighted by Gasteiger charge is -2.18. The molecule has 1 aromatic carbocycles. The smallest absolute Gasteiger partial charge is 0.303 e. The van der Waals surface area contributed by atoms with E-state index in [1.165, 1.54) is 6.26 Å². The van der Waals surface area contributed by atoms with E-state index in [2.05, 4.69) is 4.90 Å². The Morgan fingerprint density at radius 3 is 2.53 bits per heavy atom. The molecule has 1 atom stereocenters. The molecule has 104 valence electrons. The number of hydrogen-bond donors (Lipinski definition) is 1. The van der Waals surface area contributed by atoms with Crippen LogP contribution in [0.5, 0.6) is 0 Å². The van der Waals surface area contributed by atoms with Gasteiger partial charge in [-0.3, -0.25) is 4.79 Å². The van der Waals surface area contributed by atoms with E-state index in [4.69, 9.17) is 5.11 Å². The fourth-order valence-corrected chi connectivity index (χ4v) is 3.02. The third kappa shape index (κ3) is 3.47. The summed E-state index contributed by atoms with van der Waals surface area (Å²) in [5.74, 6) is -0.591. The average molecular weight is 283 g/mol. The number of nitrogens with zero attached hydrogens (tertiary/aromatic N) is 1. The molecule has 0 bridgehead atoms. The van der Waals surface area contributed by atoms with Gasteiger partial charge >= 0.3 is 5.97 Å². The monoisotopic (exact) mass is 283 g/mol. The van der Waals surface area contributed by atoms with Crippen molar-refractivity contribution >= 4 is 21.5 Å². The lowest BCUT2D eigenvalue weighted by atomic mass is 10.1. The third-order valence-corrected chi connectivity index (χ3v) is 4.51. The van der Waals surface area contributed by atoms with Crippen LogP contribution in [0.1, 0.15) is 12.8 Å². The van der Waals surface area contributed by atoms with Crippen LogP contribution in [0.25, 0.3) is 0 Å². The molecule has 0 amide bonds. The van der Waals surface area contributed by atoms with Gasteiger partial charge in [0.15, 0.2) is 9.84 Å². The molecule has 1 N–H and O–H groups in total. The van der Waals surface area contributed by atoms with E-state index in [-0.39, 0.29) is 12.3 Å². The fraction of sp³-hybridized carbons (Fsp3) is 0.462. The number of anilines is 1. The number of carbonyl (C=O) groups is 1. The second-order valence-electron chi connectivity index (χ2n) is 4.96. The second-order valence-corrected chi connectivity index (χ2v) is 6.98. The quantitative estimate of drug-likeness (QED) is 0.904. The van der Waals surface area contributed by atoms with Gasteiger partial charge in [-0.25, -0.2) is 8.42 Å². The Bertz CT molecular complexity index is 565. The van der Waals surface area contributed by atoms with E-state index in [0.717, 1.165) is 18.7 Å². The molecule has 1 saturated heterocycles. The Hall–Kier alpha value is -1.56. The molecule has 0 aliphatic carbocycles. The molecule has 1 fully saturated rings. The zero-order chi connectivity index (χ0) is 14.0. The van der Waals surface area contributed by atoms with Crippen molar-refractivity contribution in [3.8, 4) is 0 Å². The molecule has 5 nitrogen and oxygen atoms in total. The molecule has 0 radical (unpaired) electrons. The van der Waals surface area contributed by atoms with E-state index < -0.39 is 15.8 Å². The summed E-state index contributed by atoms with van der Waals surface area (Å²) >= 11 is 0. The van der Waals surface area contributed by atoms with Crippen LogP contribution in [0.15, 0.2) is 29.2 Å². The van der Waals surface area contributed by atoms with Gasteiger partial charge in [0.2, 0.25) is 0 Å². The van der Waals surface area contributed by atoms with Crippen LogP contribution in [0.3, 0.4) is 0 Å². The Kier molecular flexibility index (Phi) is 3.80.